The highest BCUT2D eigenvalue weighted by Gasteiger charge is 2.38. The van der Waals surface area contributed by atoms with Gasteiger partial charge in [-0.25, -0.2) is 9.59 Å². The van der Waals surface area contributed by atoms with Gasteiger partial charge in [-0.1, -0.05) is 87.6 Å². The highest BCUT2D eigenvalue weighted by atomic mass is 16.6. The van der Waals surface area contributed by atoms with Crippen LogP contribution in [-0.2, 0) is 30.3 Å². The summed E-state index contributed by atoms with van der Waals surface area (Å²) < 4.78 is 11.2. The first-order chi connectivity index (χ1) is 22.4. The first-order valence-corrected chi connectivity index (χ1v) is 17.4. The lowest BCUT2D eigenvalue weighted by molar-refractivity contribution is -0.159. The first kappa shape index (κ1) is 40.3. The van der Waals surface area contributed by atoms with E-state index in [0.29, 0.717) is 12.0 Å². The van der Waals surface area contributed by atoms with Crippen LogP contribution < -0.4 is 10.6 Å². The summed E-state index contributed by atoms with van der Waals surface area (Å²) in [5.41, 5.74) is 1.68. The Morgan fingerprint density at radius 1 is 0.750 bits per heavy atom. The lowest BCUT2D eigenvalue weighted by Gasteiger charge is -2.36. The van der Waals surface area contributed by atoms with Crippen LogP contribution in [0.2, 0.25) is 0 Å². The maximum absolute atomic E-state index is 14.6. The number of alkyl carbamates (subject to hydrolysis) is 1. The van der Waals surface area contributed by atoms with Gasteiger partial charge >= 0.3 is 12.1 Å². The van der Waals surface area contributed by atoms with Gasteiger partial charge in [0.25, 0.3) is 0 Å². The molecule has 0 saturated heterocycles. The fourth-order valence-electron chi connectivity index (χ4n) is 5.58. The van der Waals surface area contributed by atoms with Crippen LogP contribution in [0, 0.1) is 13.8 Å². The van der Waals surface area contributed by atoms with Gasteiger partial charge in [0.15, 0.2) is 0 Å². The second-order valence-electron chi connectivity index (χ2n) is 14.7. The molecule has 0 aliphatic heterocycles. The number of nitrogens with zero attached hydrogens (tertiary/aromatic N) is 1. The SMILES string of the molecule is CCCCCCCCN(C(=O)C(C)NC(=O)OC(C)(C)C)C(C(=O)NC(Cc1ccccc1)C(=O)OC(C)(C)C)c1c(C)cccc1C. The largest absolute Gasteiger partial charge is 0.458 e. The maximum atomic E-state index is 14.6. The molecule has 0 aliphatic rings. The highest BCUT2D eigenvalue weighted by Crippen LogP contribution is 2.30. The summed E-state index contributed by atoms with van der Waals surface area (Å²) in [5.74, 6) is -1.48. The van der Waals surface area contributed by atoms with E-state index in [1.807, 2.05) is 62.4 Å². The van der Waals surface area contributed by atoms with Gasteiger partial charge in [-0.15, -0.1) is 0 Å². The van der Waals surface area contributed by atoms with E-state index in [4.69, 9.17) is 9.47 Å². The van der Waals surface area contributed by atoms with Crippen molar-refractivity contribution < 1.29 is 28.7 Å². The Hall–Kier alpha value is -3.88. The van der Waals surface area contributed by atoms with Crippen molar-refractivity contribution in [3.05, 3.63) is 70.8 Å². The zero-order valence-electron chi connectivity index (χ0n) is 30.9. The smallest absolute Gasteiger partial charge is 0.408 e. The molecule has 0 aliphatic carbocycles. The summed E-state index contributed by atoms with van der Waals surface area (Å²) in [6, 6.07) is 12.1. The monoisotopic (exact) mass is 665 g/mol. The fourth-order valence-corrected chi connectivity index (χ4v) is 5.58. The standard InChI is InChI=1S/C39H59N3O6/c1-11-12-13-14-15-19-25-42(35(44)29(4)40-37(46)48-39(8,9)10)33(32-27(2)21-20-22-28(32)3)34(43)41-31(36(45)47-38(5,6)7)26-30-23-17-16-18-24-30/h16-18,20-24,29,31,33H,11-15,19,25-26H2,1-10H3,(H,40,46)(H,41,43). The number of rotatable bonds is 16. The molecule has 0 heterocycles. The highest BCUT2D eigenvalue weighted by molar-refractivity contribution is 5.94. The Labute approximate surface area is 288 Å². The number of carbonyl (C=O) groups is 4. The van der Waals surface area contributed by atoms with E-state index >= 15 is 0 Å². The molecule has 9 heteroatoms. The second kappa shape index (κ2) is 18.6. The minimum atomic E-state index is -1.07. The van der Waals surface area contributed by atoms with Crippen molar-refractivity contribution in [1.29, 1.82) is 0 Å². The van der Waals surface area contributed by atoms with Crippen molar-refractivity contribution in [2.45, 2.75) is 144 Å². The fraction of sp³-hybridized carbons (Fsp3) is 0.590. The minimum Gasteiger partial charge on any atom is -0.458 e. The van der Waals surface area contributed by atoms with Crippen molar-refractivity contribution in [3.63, 3.8) is 0 Å². The van der Waals surface area contributed by atoms with Crippen LogP contribution in [0.25, 0.3) is 0 Å². The second-order valence-corrected chi connectivity index (χ2v) is 14.7. The summed E-state index contributed by atoms with van der Waals surface area (Å²) in [7, 11) is 0. The molecule has 0 saturated carbocycles. The molecule has 3 unspecified atom stereocenters. The topological polar surface area (TPSA) is 114 Å². The third-order valence-electron chi connectivity index (χ3n) is 7.81. The minimum absolute atomic E-state index is 0.211. The number of benzene rings is 2. The molecule has 0 aromatic heterocycles. The van der Waals surface area contributed by atoms with E-state index < -0.39 is 53.2 Å². The number of unbranched alkanes of at least 4 members (excludes halogenated alkanes) is 5. The van der Waals surface area contributed by atoms with Crippen LogP contribution in [0.5, 0.6) is 0 Å². The van der Waals surface area contributed by atoms with Crippen molar-refractivity contribution in [2.24, 2.45) is 0 Å². The van der Waals surface area contributed by atoms with Crippen molar-refractivity contribution in [3.8, 4) is 0 Å². The Bertz CT molecular complexity index is 1330. The van der Waals surface area contributed by atoms with Gasteiger partial charge in [-0.05, 0) is 91.0 Å². The van der Waals surface area contributed by atoms with Gasteiger partial charge in [0, 0.05) is 13.0 Å². The zero-order chi connectivity index (χ0) is 36.1. The number of hydrogen-bond acceptors (Lipinski definition) is 6. The van der Waals surface area contributed by atoms with Gasteiger partial charge < -0.3 is 25.0 Å². The van der Waals surface area contributed by atoms with E-state index in [-0.39, 0.29) is 13.0 Å². The summed E-state index contributed by atoms with van der Waals surface area (Å²) in [4.78, 5) is 56.8. The molecule has 2 aromatic carbocycles. The van der Waals surface area contributed by atoms with Crippen LogP contribution >= 0.6 is 0 Å². The summed E-state index contributed by atoms with van der Waals surface area (Å²) >= 11 is 0. The van der Waals surface area contributed by atoms with Crippen LogP contribution in [-0.4, -0.2) is 58.6 Å². The summed E-state index contributed by atoms with van der Waals surface area (Å²) in [5, 5.41) is 5.65. The molecule has 2 rings (SSSR count). The van der Waals surface area contributed by atoms with Gasteiger partial charge in [0.05, 0.1) is 0 Å². The Balaban J connectivity index is 2.59. The first-order valence-electron chi connectivity index (χ1n) is 17.4. The van der Waals surface area contributed by atoms with Crippen LogP contribution in [0.1, 0.15) is 122 Å². The molecule has 3 atom stereocenters. The number of esters is 1. The van der Waals surface area contributed by atoms with Gasteiger partial charge in [0.2, 0.25) is 11.8 Å². The molecule has 266 valence electrons. The molecule has 0 bridgehead atoms. The lowest BCUT2D eigenvalue weighted by Crippen LogP contribution is -2.54. The molecular weight excluding hydrogens is 606 g/mol. The van der Waals surface area contributed by atoms with E-state index in [1.165, 1.54) is 0 Å². The van der Waals surface area contributed by atoms with Crippen molar-refractivity contribution in [1.82, 2.24) is 15.5 Å². The summed E-state index contributed by atoms with van der Waals surface area (Å²) in [6.45, 7) is 18.5. The average Bonchev–Trinajstić information content (AvgIpc) is 2.97. The predicted octanol–water partition coefficient (Wildman–Crippen LogP) is 7.52. The number of hydrogen-bond donors (Lipinski definition) is 2. The van der Waals surface area contributed by atoms with Crippen LogP contribution in [0.4, 0.5) is 4.79 Å². The Morgan fingerprint density at radius 2 is 1.31 bits per heavy atom. The number of nitrogens with one attached hydrogen (secondary N) is 2. The molecular formula is C39H59N3O6. The maximum Gasteiger partial charge on any atom is 0.408 e. The van der Waals surface area contributed by atoms with Crippen molar-refractivity contribution in [2.75, 3.05) is 6.54 Å². The number of carbonyl (C=O) groups excluding carboxylic acids is 4. The molecule has 2 aromatic rings. The van der Waals surface area contributed by atoms with Gasteiger partial charge in [0.1, 0.15) is 29.3 Å². The Kier molecular flexibility index (Phi) is 15.6. The van der Waals surface area contributed by atoms with Gasteiger partial charge in [-0.2, -0.15) is 0 Å². The number of amides is 3. The molecule has 0 spiro atoms. The summed E-state index contributed by atoms with van der Waals surface area (Å²) in [6.07, 6.45) is 5.41. The van der Waals surface area contributed by atoms with Crippen molar-refractivity contribution >= 4 is 23.9 Å². The Morgan fingerprint density at radius 3 is 1.88 bits per heavy atom. The quantitative estimate of drug-likeness (QED) is 0.142. The number of ether oxygens (including phenoxy) is 2. The third kappa shape index (κ3) is 13.7. The third-order valence-corrected chi connectivity index (χ3v) is 7.81. The molecule has 0 radical (unpaired) electrons. The predicted molar refractivity (Wildman–Crippen MR) is 190 cm³/mol. The molecule has 0 fully saturated rings. The van der Waals surface area contributed by atoms with E-state index in [9.17, 15) is 19.2 Å². The molecule has 48 heavy (non-hydrogen) atoms. The lowest BCUT2D eigenvalue weighted by atomic mass is 9.93. The van der Waals surface area contributed by atoms with E-state index in [2.05, 4.69) is 17.6 Å². The normalized spacial score (nSPS) is 13.5. The molecule has 9 nitrogen and oxygen atoms in total. The number of aryl methyl sites for hydroxylation is 2. The van der Waals surface area contributed by atoms with Crippen LogP contribution in [0.15, 0.2) is 48.5 Å². The average molecular weight is 666 g/mol. The molecule has 2 N–H and O–H groups in total. The van der Waals surface area contributed by atoms with E-state index in [0.717, 1.165) is 48.8 Å². The van der Waals surface area contributed by atoms with E-state index in [1.54, 1.807) is 53.4 Å². The molecule has 3 amide bonds. The van der Waals surface area contributed by atoms with Gasteiger partial charge in [-0.3, -0.25) is 9.59 Å². The van der Waals surface area contributed by atoms with Crippen LogP contribution in [0.3, 0.4) is 0 Å². The zero-order valence-corrected chi connectivity index (χ0v) is 30.9.